The minimum absolute atomic E-state index is 0.0519. The minimum atomic E-state index is -1.52. The first kappa shape index (κ1) is 24.0. The molecule has 0 radical (unpaired) electrons. The van der Waals surface area contributed by atoms with E-state index in [1.807, 2.05) is 0 Å². The maximum Gasteiger partial charge on any atom is 0.263 e. The second-order valence-corrected chi connectivity index (χ2v) is 8.17. The molecule has 0 fully saturated rings. The third-order valence-electron chi connectivity index (χ3n) is 4.60. The summed E-state index contributed by atoms with van der Waals surface area (Å²) in [5.74, 6) is -0.655. The van der Waals surface area contributed by atoms with E-state index in [-0.39, 0.29) is 11.5 Å². The van der Waals surface area contributed by atoms with Gasteiger partial charge in [0.25, 0.3) is 5.91 Å². The van der Waals surface area contributed by atoms with Crippen molar-refractivity contribution in [3.05, 3.63) is 78.1 Å². The molecule has 2 unspecified atom stereocenters. The fourth-order valence-electron chi connectivity index (χ4n) is 3.32. The number of aromatic nitrogens is 2. The van der Waals surface area contributed by atoms with Gasteiger partial charge in [0.2, 0.25) is 11.1 Å². The Balaban J connectivity index is 0.000000968. The molecule has 0 aliphatic carbocycles. The number of carbonyl (C=O) groups is 1. The molecule has 4 rings (SSSR count). The van der Waals surface area contributed by atoms with Crippen molar-refractivity contribution in [2.45, 2.75) is 25.8 Å². The van der Waals surface area contributed by atoms with Crippen molar-refractivity contribution in [3.63, 3.8) is 0 Å². The van der Waals surface area contributed by atoms with Gasteiger partial charge in [-0.05, 0) is 35.4 Å². The van der Waals surface area contributed by atoms with Gasteiger partial charge in [0.15, 0.2) is 11.5 Å². The summed E-state index contributed by atoms with van der Waals surface area (Å²) in [4.78, 5) is 25.2. The van der Waals surface area contributed by atoms with E-state index in [1.165, 1.54) is 49.6 Å². The number of rotatable bonds is 5. The van der Waals surface area contributed by atoms with Gasteiger partial charge < -0.3 is 9.92 Å². The van der Waals surface area contributed by atoms with Crippen molar-refractivity contribution >= 4 is 22.9 Å². The van der Waals surface area contributed by atoms with Gasteiger partial charge in [-0.15, -0.1) is 0 Å². The molecule has 1 amide bonds. The molecule has 3 N–H and O–H groups in total. The first-order valence-corrected chi connectivity index (χ1v) is 11.6. The van der Waals surface area contributed by atoms with Crippen LogP contribution in [0.4, 0.5) is 4.39 Å². The highest BCUT2D eigenvalue weighted by atomic mass is 32.2. The van der Waals surface area contributed by atoms with Crippen molar-refractivity contribution in [1.29, 1.82) is 0 Å². The topological polar surface area (TPSA) is 120 Å². The second kappa shape index (κ2) is 10.3. The van der Waals surface area contributed by atoms with E-state index in [2.05, 4.69) is 34.1 Å². The number of hydrogen-bond acceptors (Lipinski definition) is 7. The lowest BCUT2D eigenvalue weighted by Gasteiger charge is -2.25. The van der Waals surface area contributed by atoms with Crippen LogP contribution in [0.25, 0.3) is 11.1 Å². The number of carbonyl (C=O) groups excluding carboxylic acids is 1. The molecule has 8 nitrogen and oxygen atoms in total. The molecule has 1 aliphatic rings. The summed E-state index contributed by atoms with van der Waals surface area (Å²) < 4.78 is 31.0. The molecule has 10 heteroatoms. The summed E-state index contributed by atoms with van der Waals surface area (Å²) in [5, 5.41) is 2.52. The molecular formula is C23H24FN5O3S. The number of hydrogen-bond donors (Lipinski definition) is 2. The number of nitrogens with zero attached hydrogens (tertiary/aromatic N) is 3. The predicted molar refractivity (Wildman–Crippen MR) is 125 cm³/mol. The van der Waals surface area contributed by atoms with Gasteiger partial charge in [0.05, 0.1) is 0 Å². The Kier molecular flexibility index (Phi) is 7.49. The monoisotopic (exact) mass is 469 g/mol. The van der Waals surface area contributed by atoms with E-state index in [4.69, 9.17) is 9.92 Å². The smallest absolute Gasteiger partial charge is 0.263 e. The Hall–Kier alpha value is -3.66. The molecule has 0 saturated carbocycles. The number of nitrogens with two attached hydrogens (primary N) is 1. The molecule has 33 heavy (non-hydrogen) atoms. The summed E-state index contributed by atoms with van der Waals surface area (Å²) in [6, 6.07) is 10.7. The zero-order valence-electron chi connectivity index (χ0n) is 18.4. The number of guanidine groups is 1. The maximum absolute atomic E-state index is 14.6. The highest BCUT2D eigenvalue weighted by Crippen LogP contribution is 2.39. The van der Waals surface area contributed by atoms with Crippen LogP contribution in [0.15, 0.2) is 66.2 Å². The van der Waals surface area contributed by atoms with Gasteiger partial charge in [-0.1, -0.05) is 38.5 Å². The van der Waals surface area contributed by atoms with Crippen molar-refractivity contribution in [2.75, 3.05) is 6.26 Å². The molecule has 0 spiro atoms. The largest absolute Gasteiger partial charge is 0.401 e. The summed E-state index contributed by atoms with van der Waals surface area (Å²) >= 11 is -1.49. The van der Waals surface area contributed by atoms with E-state index in [1.54, 1.807) is 24.3 Å². The Morgan fingerprint density at radius 2 is 1.70 bits per heavy atom. The average Bonchev–Trinajstić information content (AvgIpc) is 3.10. The van der Waals surface area contributed by atoms with Gasteiger partial charge >= 0.3 is 0 Å². The van der Waals surface area contributed by atoms with Gasteiger partial charge in [0.1, 0.15) is 17.9 Å². The number of nitrogens with one attached hydrogen (secondary N) is 1. The number of halogens is 1. The lowest BCUT2D eigenvalue weighted by molar-refractivity contribution is -0.122. The molecule has 2 atom stereocenters. The summed E-state index contributed by atoms with van der Waals surface area (Å²) in [6.07, 6.45) is 6.95. The summed E-state index contributed by atoms with van der Waals surface area (Å²) in [7, 11) is 0. The van der Waals surface area contributed by atoms with Crippen LogP contribution in [-0.4, -0.2) is 32.3 Å². The Morgan fingerprint density at radius 1 is 1.09 bits per heavy atom. The van der Waals surface area contributed by atoms with Gasteiger partial charge in [-0.3, -0.25) is 10.1 Å². The van der Waals surface area contributed by atoms with E-state index in [0.29, 0.717) is 22.4 Å². The molecule has 0 saturated heterocycles. The van der Waals surface area contributed by atoms with E-state index < -0.39 is 28.3 Å². The molecule has 0 bridgehead atoms. The average molecular weight is 470 g/mol. The first-order valence-electron chi connectivity index (χ1n) is 10.2. The third-order valence-corrected chi connectivity index (χ3v) is 5.03. The van der Waals surface area contributed by atoms with E-state index in [0.717, 1.165) is 0 Å². The summed E-state index contributed by atoms with van der Waals surface area (Å²) in [5.41, 5.74) is 5.86. The molecule has 1 aliphatic heterocycles. The lowest BCUT2D eigenvalue weighted by Crippen LogP contribution is -2.39. The molecular weight excluding hydrogens is 445 g/mol. The van der Waals surface area contributed by atoms with Gasteiger partial charge in [-0.2, -0.15) is 0 Å². The van der Waals surface area contributed by atoms with Crippen LogP contribution in [0.1, 0.15) is 31.4 Å². The second-order valence-electron chi connectivity index (χ2n) is 7.20. The van der Waals surface area contributed by atoms with Crippen LogP contribution in [0.3, 0.4) is 0 Å². The van der Waals surface area contributed by atoms with Crippen molar-refractivity contribution in [2.24, 2.45) is 10.7 Å². The standard InChI is InChI=1S/C20H16FN5O3S.C3H8/c1-30(28)29-15-5-2-13(3-6-15)20(18(27)25-19(22)26-20)14-4-7-17(21)16(8-14)12-9-23-11-24-10-12;1-3-2/h2-11H,1H3,(H3,22,25,26,27);3H2,1-2H3. The van der Waals surface area contributed by atoms with Crippen LogP contribution >= 0.6 is 0 Å². The van der Waals surface area contributed by atoms with E-state index >= 15 is 0 Å². The first-order chi connectivity index (χ1) is 15.8. The zero-order chi connectivity index (χ0) is 24.0. The molecule has 3 aromatic rings. The van der Waals surface area contributed by atoms with E-state index in [9.17, 15) is 13.4 Å². The Morgan fingerprint density at radius 3 is 2.24 bits per heavy atom. The molecule has 2 aromatic carbocycles. The number of amides is 1. The van der Waals surface area contributed by atoms with Crippen LogP contribution in [0.2, 0.25) is 0 Å². The fraction of sp³-hybridized carbons (Fsp3) is 0.217. The Bertz CT molecular complexity index is 1190. The van der Waals surface area contributed by atoms with Crippen LogP contribution < -0.4 is 15.2 Å². The van der Waals surface area contributed by atoms with Crippen LogP contribution in [0.5, 0.6) is 5.75 Å². The molecule has 172 valence electrons. The number of aliphatic imine (C=N–C) groups is 1. The van der Waals surface area contributed by atoms with Gasteiger partial charge in [0, 0.05) is 29.8 Å². The minimum Gasteiger partial charge on any atom is -0.401 e. The third kappa shape index (κ3) is 5.06. The fourth-order valence-corrected chi connectivity index (χ4v) is 3.70. The van der Waals surface area contributed by atoms with Crippen molar-refractivity contribution < 1.29 is 17.6 Å². The molecule has 1 aromatic heterocycles. The summed E-state index contributed by atoms with van der Waals surface area (Å²) in [6.45, 7) is 4.25. The van der Waals surface area contributed by atoms with Gasteiger partial charge in [-0.25, -0.2) is 23.6 Å². The highest BCUT2D eigenvalue weighted by molar-refractivity contribution is 7.79. The van der Waals surface area contributed by atoms with Crippen molar-refractivity contribution in [3.8, 4) is 16.9 Å². The van der Waals surface area contributed by atoms with Crippen molar-refractivity contribution in [1.82, 2.24) is 15.3 Å². The highest BCUT2D eigenvalue weighted by Gasteiger charge is 2.47. The number of benzene rings is 2. The quantitative estimate of drug-likeness (QED) is 0.593. The van der Waals surface area contributed by atoms with Crippen LogP contribution in [0, 0.1) is 5.82 Å². The lowest BCUT2D eigenvalue weighted by atomic mass is 9.82. The normalized spacial score (nSPS) is 17.9. The predicted octanol–water partition coefficient (Wildman–Crippen LogP) is 3.06. The Labute approximate surface area is 193 Å². The van der Waals surface area contributed by atoms with Crippen LogP contribution in [-0.2, 0) is 21.4 Å². The molecule has 2 heterocycles. The SMILES string of the molecule is CCC.CS(=O)Oc1ccc(C2(c3ccc(F)c(-c4cncnc4)c3)N=C(N)NC2=O)cc1. The maximum atomic E-state index is 14.6. The zero-order valence-corrected chi connectivity index (χ0v) is 19.2.